The summed E-state index contributed by atoms with van der Waals surface area (Å²) in [6.07, 6.45) is 1.85. The topological polar surface area (TPSA) is 75.7 Å². The van der Waals surface area contributed by atoms with Gasteiger partial charge in [-0.15, -0.1) is 0 Å². The lowest BCUT2D eigenvalue weighted by atomic mass is 9.97. The molecule has 0 fully saturated rings. The molecule has 0 aromatic heterocycles. The summed E-state index contributed by atoms with van der Waals surface area (Å²) in [5, 5.41) is 2.99. The molecule has 0 spiro atoms. The van der Waals surface area contributed by atoms with Crippen molar-refractivity contribution in [3.8, 4) is 5.75 Å². The van der Waals surface area contributed by atoms with E-state index in [1.54, 1.807) is 24.3 Å². The van der Waals surface area contributed by atoms with Crippen LogP contribution in [0.25, 0.3) is 0 Å². The molecule has 0 heterocycles. The zero-order chi connectivity index (χ0) is 20.7. The van der Waals surface area contributed by atoms with E-state index in [2.05, 4.69) is 19.2 Å². The summed E-state index contributed by atoms with van der Waals surface area (Å²) in [4.78, 5) is 12.7. The minimum absolute atomic E-state index is 0.175. The van der Waals surface area contributed by atoms with Crippen LogP contribution in [0.2, 0.25) is 0 Å². The zero-order valence-electron chi connectivity index (χ0n) is 16.8. The highest BCUT2D eigenvalue weighted by molar-refractivity contribution is 7.92. The first-order chi connectivity index (χ1) is 13.2. The maximum absolute atomic E-state index is 12.7. The van der Waals surface area contributed by atoms with Gasteiger partial charge in [0.05, 0.1) is 25.1 Å². The third-order valence-corrected chi connectivity index (χ3v) is 5.43. The molecule has 0 bridgehead atoms. The summed E-state index contributed by atoms with van der Waals surface area (Å²) >= 11 is 0. The quantitative estimate of drug-likeness (QED) is 0.695. The lowest BCUT2D eigenvalue weighted by Gasteiger charge is -2.25. The van der Waals surface area contributed by atoms with Gasteiger partial charge in [0.1, 0.15) is 12.3 Å². The van der Waals surface area contributed by atoms with Crippen molar-refractivity contribution in [1.82, 2.24) is 5.32 Å². The summed E-state index contributed by atoms with van der Waals surface area (Å²) in [5.74, 6) is 0.636. The average Bonchev–Trinajstić information content (AvgIpc) is 2.65. The van der Waals surface area contributed by atoms with Crippen molar-refractivity contribution >= 4 is 21.6 Å². The van der Waals surface area contributed by atoms with Gasteiger partial charge >= 0.3 is 0 Å². The van der Waals surface area contributed by atoms with Crippen LogP contribution in [0.4, 0.5) is 5.69 Å². The van der Waals surface area contributed by atoms with Gasteiger partial charge in [-0.25, -0.2) is 8.42 Å². The van der Waals surface area contributed by atoms with Gasteiger partial charge in [0, 0.05) is 0 Å². The van der Waals surface area contributed by atoms with Crippen molar-refractivity contribution in [2.75, 3.05) is 24.2 Å². The number of hydrogen-bond acceptors (Lipinski definition) is 4. The fraction of sp³-hybridized carbons (Fsp3) is 0.381. The van der Waals surface area contributed by atoms with Gasteiger partial charge in [-0.2, -0.15) is 0 Å². The van der Waals surface area contributed by atoms with E-state index in [1.807, 2.05) is 30.3 Å². The number of hydrogen-bond donors (Lipinski definition) is 1. The third kappa shape index (κ3) is 6.27. The van der Waals surface area contributed by atoms with Crippen molar-refractivity contribution in [3.05, 3.63) is 60.2 Å². The second-order valence-corrected chi connectivity index (χ2v) is 9.03. The molecule has 7 heteroatoms. The Balaban J connectivity index is 2.19. The Morgan fingerprint density at radius 1 is 1.07 bits per heavy atom. The van der Waals surface area contributed by atoms with Crippen molar-refractivity contribution in [2.24, 2.45) is 5.92 Å². The predicted octanol–water partition coefficient (Wildman–Crippen LogP) is 3.36. The molecule has 0 aliphatic rings. The molecule has 0 aliphatic heterocycles. The van der Waals surface area contributed by atoms with E-state index in [1.165, 1.54) is 7.11 Å². The molecule has 0 aliphatic carbocycles. The van der Waals surface area contributed by atoms with E-state index in [-0.39, 0.29) is 18.5 Å². The zero-order valence-corrected chi connectivity index (χ0v) is 17.6. The van der Waals surface area contributed by atoms with E-state index < -0.39 is 10.0 Å². The number of sulfonamides is 1. The van der Waals surface area contributed by atoms with Crippen molar-refractivity contribution < 1.29 is 17.9 Å². The van der Waals surface area contributed by atoms with Crippen molar-refractivity contribution in [3.63, 3.8) is 0 Å². The SMILES string of the molecule is COc1ccc(N(CC(=O)N[C@@H](CC(C)C)c2ccccc2)S(C)(=O)=O)cc1. The fourth-order valence-corrected chi connectivity index (χ4v) is 3.81. The Kier molecular flexibility index (Phi) is 7.45. The van der Waals surface area contributed by atoms with Gasteiger partial charge in [0.25, 0.3) is 0 Å². The number of nitrogens with one attached hydrogen (secondary N) is 1. The van der Waals surface area contributed by atoms with Crippen LogP contribution in [-0.4, -0.2) is 34.2 Å². The van der Waals surface area contributed by atoms with Gasteiger partial charge in [-0.05, 0) is 42.2 Å². The summed E-state index contributed by atoms with van der Waals surface area (Å²) in [5.41, 5.74) is 1.42. The minimum Gasteiger partial charge on any atom is -0.497 e. The number of carbonyl (C=O) groups is 1. The van der Waals surface area contributed by atoms with Crippen LogP contribution in [0, 0.1) is 5.92 Å². The molecule has 1 amide bonds. The van der Waals surface area contributed by atoms with E-state index in [0.29, 0.717) is 17.4 Å². The molecular formula is C21H28N2O4S. The largest absolute Gasteiger partial charge is 0.497 e. The normalized spacial score (nSPS) is 12.5. The van der Waals surface area contributed by atoms with Crippen molar-refractivity contribution in [1.29, 1.82) is 0 Å². The maximum atomic E-state index is 12.7. The monoisotopic (exact) mass is 404 g/mol. The summed E-state index contributed by atoms with van der Waals surface area (Å²) in [7, 11) is -2.09. The first-order valence-corrected chi connectivity index (χ1v) is 11.0. The smallest absolute Gasteiger partial charge is 0.241 e. The molecule has 6 nitrogen and oxygen atoms in total. The molecule has 2 aromatic rings. The number of anilines is 1. The second-order valence-electron chi connectivity index (χ2n) is 7.13. The second kappa shape index (κ2) is 9.59. The molecule has 1 atom stereocenters. The highest BCUT2D eigenvalue weighted by Gasteiger charge is 2.23. The number of carbonyl (C=O) groups excluding carboxylic acids is 1. The van der Waals surface area contributed by atoms with Gasteiger partial charge in [-0.1, -0.05) is 44.2 Å². The minimum atomic E-state index is -3.62. The summed E-state index contributed by atoms with van der Waals surface area (Å²) in [6.45, 7) is 3.89. The molecule has 0 radical (unpaired) electrons. The lowest BCUT2D eigenvalue weighted by molar-refractivity contribution is -0.120. The predicted molar refractivity (Wildman–Crippen MR) is 112 cm³/mol. The van der Waals surface area contributed by atoms with Gasteiger partial charge in [0.2, 0.25) is 15.9 Å². The van der Waals surface area contributed by atoms with Crippen LogP contribution in [0.5, 0.6) is 5.75 Å². The first-order valence-electron chi connectivity index (χ1n) is 9.16. The van der Waals surface area contributed by atoms with Crippen LogP contribution >= 0.6 is 0 Å². The summed E-state index contributed by atoms with van der Waals surface area (Å²) < 4.78 is 30.7. The number of rotatable bonds is 9. The molecule has 0 saturated carbocycles. The molecule has 2 aromatic carbocycles. The molecule has 152 valence electrons. The molecule has 2 rings (SSSR count). The Morgan fingerprint density at radius 3 is 2.18 bits per heavy atom. The Hall–Kier alpha value is -2.54. The van der Waals surface area contributed by atoms with Gasteiger partial charge in [-0.3, -0.25) is 9.10 Å². The number of nitrogens with zero attached hydrogens (tertiary/aromatic N) is 1. The highest BCUT2D eigenvalue weighted by atomic mass is 32.2. The maximum Gasteiger partial charge on any atom is 0.241 e. The third-order valence-electron chi connectivity index (χ3n) is 4.29. The molecular weight excluding hydrogens is 376 g/mol. The molecule has 1 N–H and O–H groups in total. The fourth-order valence-electron chi connectivity index (χ4n) is 2.95. The van der Waals surface area contributed by atoms with Crippen LogP contribution in [0.1, 0.15) is 31.9 Å². The van der Waals surface area contributed by atoms with Gasteiger partial charge in [0.15, 0.2) is 0 Å². The Labute approximate surface area is 167 Å². The molecule has 0 unspecified atom stereocenters. The average molecular weight is 405 g/mol. The Bertz CT molecular complexity index is 865. The molecule has 28 heavy (non-hydrogen) atoms. The van der Waals surface area contributed by atoms with Crippen LogP contribution in [0.3, 0.4) is 0 Å². The number of benzene rings is 2. The molecule has 0 saturated heterocycles. The highest BCUT2D eigenvalue weighted by Crippen LogP contribution is 2.23. The van der Waals surface area contributed by atoms with E-state index >= 15 is 0 Å². The summed E-state index contributed by atoms with van der Waals surface area (Å²) in [6, 6.07) is 16.1. The number of amides is 1. The standard InChI is InChI=1S/C21H28N2O4S/c1-16(2)14-20(17-8-6-5-7-9-17)22-21(24)15-23(28(4,25)26)18-10-12-19(27-3)13-11-18/h5-13,16,20H,14-15H2,1-4H3,(H,22,24)/t20-/m0/s1. The van der Waals surface area contributed by atoms with Crippen molar-refractivity contribution in [2.45, 2.75) is 26.3 Å². The number of ether oxygens (including phenoxy) is 1. The van der Waals surface area contributed by atoms with Crippen LogP contribution in [0.15, 0.2) is 54.6 Å². The van der Waals surface area contributed by atoms with E-state index in [9.17, 15) is 13.2 Å². The van der Waals surface area contributed by atoms with Crippen LogP contribution < -0.4 is 14.4 Å². The first kappa shape index (κ1) is 21.8. The van der Waals surface area contributed by atoms with E-state index in [0.717, 1.165) is 22.5 Å². The van der Waals surface area contributed by atoms with E-state index in [4.69, 9.17) is 4.74 Å². The van der Waals surface area contributed by atoms with Crippen LogP contribution in [-0.2, 0) is 14.8 Å². The lowest BCUT2D eigenvalue weighted by Crippen LogP contribution is -2.41. The number of methoxy groups -OCH3 is 1. The van der Waals surface area contributed by atoms with Gasteiger partial charge < -0.3 is 10.1 Å². The Morgan fingerprint density at radius 2 is 1.68 bits per heavy atom.